The predicted molar refractivity (Wildman–Crippen MR) is 76.9 cm³/mol. The van der Waals surface area contributed by atoms with Crippen molar-refractivity contribution in [3.63, 3.8) is 0 Å². The van der Waals surface area contributed by atoms with Crippen LogP contribution in [0.5, 0.6) is 0 Å². The highest BCUT2D eigenvalue weighted by atomic mass is 32.1. The molecule has 4 N–H and O–H groups in total. The minimum Gasteiger partial charge on any atom is -0.346 e. The van der Waals surface area contributed by atoms with Gasteiger partial charge in [0.2, 0.25) is 0 Å². The smallest absolute Gasteiger partial charge is 0.270 e. The number of hydrogen-bond donors (Lipinski definition) is 3. The molecular weight excluding hydrogens is 260 g/mol. The lowest BCUT2D eigenvalue weighted by Crippen LogP contribution is -2.23. The van der Waals surface area contributed by atoms with E-state index in [2.05, 4.69) is 28.7 Å². The standard InChI is InChI=1S/C13H16N4OS/c1-2-10-3-4-11(19-10)8-16-13(18)12-7-9(17-14)5-6-15-12/h3-7H,2,8,14H2,1H3,(H,15,17)(H,16,18). The van der Waals surface area contributed by atoms with E-state index in [0.717, 1.165) is 11.3 Å². The van der Waals surface area contributed by atoms with Gasteiger partial charge < -0.3 is 10.7 Å². The first kappa shape index (κ1) is 13.5. The van der Waals surface area contributed by atoms with Crippen LogP contribution >= 0.6 is 11.3 Å². The molecule has 2 aromatic heterocycles. The van der Waals surface area contributed by atoms with E-state index in [9.17, 15) is 4.79 Å². The molecule has 0 aliphatic heterocycles. The monoisotopic (exact) mass is 276 g/mol. The maximum Gasteiger partial charge on any atom is 0.270 e. The molecule has 19 heavy (non-hydrogen) atoms. The number of pyridine rings is 1. The van der Waals surface area contributed by atoms with E-state index >= 15 is 0 Å². The Hall–Kier alpha value is -1.92. The number of nitrogens with zero attached hydrogens (tertiary/aromatic N) is 1. The first-order valence-electron chi connectivity index (χ1n) is 6.01. The molecular formula is C13H16N4OS. The number of hydrazine groups is 1. The van der Waals surface area contributed by atoms with Crippen LogP contribution in [-0.4, -0.2) is 10.9 Å². The molecule has 2 heterocycles. The summed E-state index contributed by atoms with van der Waals surface area (Å²) in [6, 6.07) is 7.43. The largest absolute Gasteiger partial charge is 0.346 e. The number of nitrogens with one attached hydrogen (secondary N) is 2. The average Bonchev–Trinajstić information content (AvgIpc) is 2.93. The third kappa shape index (κ3) is 3.52. The van der Waals surface area contributed by atoms with Gasteiger partial charge >= 0.3 is 0 Å². The normalized spacial score (nSPS) is 10.2. The van der Waals surface area contributed by atoms with Crippen LogP contribution in [0.15, 0.2) is 30.5 Å². The number of amides is 1. The van der Waals surface area contributed by atoms with Crippen LogP contribution < -0.4 is 16.6 Å². The van der Waals surface area contributed by atoms with Crippen LogP contribution in [-0.2, 0) is 13.0 Å². The van der Waals surface area contributed by atoms with Gasteiger partial charge in [-0.1, -0.05) is 6.92 Å². The molecule has 100 valence electrons. The van der Waals surface area contributed by atoms with Crippen LogP contribution in [0.4, 0.5) is 5.69 Å². The summed E-state index contributed by atoms with van der Waals surface area (Å²) in [4.78, 5) is 18.4. The Kier molecular flexibility index (Phi) is 4.48. The minimum absolute atomic E-state index is 0.205. The summed E-state index contributed by atoms with van der Waals surface area (Å²) in [6.45, 7) is 2.63. The predicted octanol–water partition coefficient (Wildman–Crippen LogP) is 1.92. The summed E-state index contributed by atoms with van der Waals surface area (Å²) >= 11 is 1.71. The Bertz CT molecular complexity index is 567. The summed E-state index contributed by atoms with van der Waals surface area (Å²) in [5.41, 5.74) is 3.50. The third-order valence-corrected chi connectivity index (χ3v) is 3.88. The molecule has 0 saturated heterocycles. The lowest BCUT2D eigenvalue weighted by Gasteiger charge is -2.04. The highest BCUT2D eigenvalue weighted by Crippen LogP contribution is 2.16. The van der Waals surface area contributed by atoms with Gasteiger partial charge in [0.15, 0.2) is 0 Å². The second kappa shape index (κ2) is 6.31. The fourth-order valence-electron chi connectivity index (χ4n) is 1.61. The fraction of sp³-hybridized carbons (Fsp3) is 0.231. The molecule has 0 fully saturated rings. The number of aromatic nitrogens is 1. The fourth-order valence-corrected chi connectivity index (χ4v) is 2.51. The van der Waals surface area contributed by atoms with Gasteiger partial charge in [-0.3, -0.25) is 15.6 Å². The Balaban J connectivity index is 1.96. The van der Waals surface area contributed by atoms with Crippen molar-refractivity contribution in [2.45, 2.75) is 19.9 Å². The summed E-state index contributed by atoms with van der Waals surface area (Å²) in [5.74, 6) is 5.09. The number of hydrogen-bond acceptors (Lipinski definition) is 5. The van der Waals surface area contributed by atoms with Crippen LogP contribution in [0.25, 0.3) is 0 Å². The van der Waals surface area contributed by atoms with Crippen molar-refractivity contribution in [2.75, 3.05) is 5.43 Å². The van der Waals surface area contributed by atoms with Gasteiger partial charge in [0.05, 0.1) is 12.2 Å². The van der Waals surface area contributed by atoms with Crippen molar-refractivity contribution in [1.82, 2.24) is 10.3 Å². The van der Waals surface area contributed by atoms with Gasteiger partial charge in [-0.2, -0.15) is 0 Å². The van der Waals surface area contributed by atoms with Crippen LogP contribution in [0.1, 0.15) is 27.2 Å². The average molecular weight is 276 g/mol. The van der Waals surface area contributed by atoms with Crippen molar-refractivity contribution >= 4 is 22.9 Å². The summed E-state index contributed by atoms with van der Waals surface area (Å²) < 4.78 is 0. The minimum atomic E-state index is -0.205. The van der Waals surface area contributed by atoms with E-state index in [0.29, 0.717) is 17.9 Å². The Morgan fingerprint density at radius 3 is 2.84 bits per heavy atom. The second-order valence-electron chi connectivity index (χ2n) is 3.98. The molecule has 0 unspecified atom stereocenters. The van der Waals surface area contributed by atoms with Crippen molar-refractivity contribution in [1.29, 1.82) is 0 Å². The number of carbonyl (C=O) groups is 1. The van der Waals surface area contributed by atoms with Crippen LogP contribution in [0.2, 0.25) is 0 Å². The lowest BCUT2D eigenvalue weighted by molar-refractivity contribution is 0.0946. The van der Waals surface area contributed by atoms with Crippen molar-refractivity contribution in [2.24, 2.45) is 5.84 Å². The van der Waals surface area contributed by atoms with Crippen molar-refractivity contribution < 1.29 is 4.79 Å². The van der Waals surface area contributed by atoms with Gasteiger partial charge in [0.25, 0.3) is 5.91 Å². The summed E-state index contributed by atoms with van der Waals surface area (Å²) in [5, 5.41) is 2.84. The molecule has 0 saturated carbocycles. The highest BCUT2D eigenvalue weighted by molar-refractivity contribution is 7.11. The maximum atomic E-state index is 11.9. The number of rotatable bonds is 5. The number of nitrogen functional groups attached to an aromatic ring is 1. The molecule has 6 heteroatoms. The molecule has 0 radical (unpaired) electrons. The zero-order valence-electron chi connectivity index (χ0n) is 10.6. The Morgan fingerprint density at radius 1 is 1.37 bits per heavy atom. The summed E-state index contributed by atoms with van der Waals surface area (Å²) in [6.07, 6.45) is 2.56. The van der Waals surface area contributed by atoms with Crippen LogP contribution in [0.3, 0.4) is 0 Å². The van der Waals surface area contributed by atoms with E-state index < -0.39 is 0 Å². The molecule has 2 rings (SSSR count). The number of anilines is 1. The van der Waals surface area contributed by atoms with E-state index in [1.165, 1.54) is 4.88 Å². The first-order valence-corrected chi connectivity index (χ1v) is 6.83. The molecule has 0 aromatic carbocycles. The quantitative estimate of drug-likeness (QED) is 0.576. The molecule has 0 aliphatic carbocycles. The van der Waals surface area contributed by atoms with Gasteiger partial charge in [-0.15, -0.1) is 11.3 Å². The number of thiophene rings is 1. The second-order valence-corrected chi connectivity index (χ2v) is 5.23. The molecule has 0 bridgehead atoms. The van der Waals surface area contributed by atoms with E-state index in [-0.39, 0.29) is 5.91 Å². The zero-order chi connectivity index (χ0) is 13.7. The van der Waals surface area contributed by atoms with Crippen molar-refractivity contribution in [3.8, 4) is 0 Å². The van der Waals surface area contributed by atoms with Gasteiger partial charge in [-0.05, 0) is 30.7 Å². The van der Waals surface area contributed by atoms with Crippen molar-refractivity contribution in [3.05, 3.63) is 45.9 Å². The molecule has 1 amide bonds. The Morgan fingerprint density at radius 2 is 2.16 bits per heavy atom. The van der Waals surface area contributed by atoms with Gasteiger partial charge in [0.1, 0.15) is 5.69 Å². The lowest BCUT2D eigenvalue weighted by atomic mass is 10.3. The van der Waals surface area contributed by atoms with Crippen LogP contribution in [0, 0.1) is 0 Å². The maximum absolute atomic E-state index is 11.9. The Labute approximate surface area is 115 Å². The third-order valence-electron chi connectivity index (χ3n) is 2.65. The summed E-state index contributed by atoms with van der Waals surface area (Å²) in [7, 11) is 0. The topological polar surface area (TPSA) is 80.0 Å². The molecule has 0 atom stereocenters. The highest BCUT2D eigenvalue weighted by Gasteiger charge is 2.08. The molecule has 0 aliphatic rings. The van der Waals surface area contributed by atoms with E-state index in [1.807, 2.05) is 6.07 Å². The van der Waals surface area contributed by atoms with E-state index in [1.54, 1.807) is 29.7 Å². The molecule has 0 spiro atoms. The number of nitrogens with two attached hydrogens (primary N) is 1. The SMILES string of the molecule is CCc1ccc(CNC(=O)c2cc(NN)ccn2)s1. The van der Waals surface area contributed by atoms with Gasteiger partial charge in [-0.25, -0.2) is 0 Å². The number of aryl methyl sites for hydroxylation is 1. The molecule has 5 nitrogen and oxygen atoms in total. The molecule has 2 aromatic rings. The van der Waals surface area contributed by atoms with Gasteiger partial charge in [0, 0.05) is 16.0 Å². The van der Waals surface area contributed by atoms with E-state index in [4.69, 9.17) is 5.84 Å². The zero-order valence-corrected chi connectivity index (χ0v) is 11.5. The first-order chi connectivity index (χ1) is 9.22. The number of carbonyl (C=O) groups excluding carboxylic acids is 1.